The molecule has 2 heterocycles. The maximum absolute atomic E-state index is 12.6. The molecule has 0 fully saturated rings. The van der Waals surface area contributed by atoms with Crippen molar-refractivity contribution in [2.75, 3.05) is 7.11 Å². The Morgan fingerprint density at radius 3 is 2.60 bits per heavy atom. The van der Waals surface area contributed by atoms with Gasteiger partial charge in [-0.1, -0.05) is 15.9 Å². The van der Waals surface area contributed by atoms with Gasteiger partial charge >= 0.3 is 12.0 Å². The van der Waals surface area contributed by atoms with Crippen LogP contribution in [0.3, 0.4) is 0 Å². The second-order valence-corrected chi connectivity index (χ2v) is 5.82. The zero-order valence-corrected chi connectivity index (χ0v) is 14.1. The Hall–Kier alpha value is -2.55. The first kappa shape index (κ1) is 17.3. The zero-order valence-electron chi connectivity index (χ0n) is 12.6. The molecule has 0 unspecified atom stereocenters. The molecule has 0 spiro atoms. The molecule has 0 bridgehead atoms. The van der Waals surface area contributed by atoms with Crippen LogP contribution in [0.2, 0.25) is 0 Å². The average Bonchev–Trinajstić information content (AvgIpc) is 2.52. The zero-order chi connectivity index (χ0) is 18.2. The maximum atomic E-state index is 12.6. The van der Waals surface area contributed by atoms with Crippen LogP contribution in [0, 0.1) is 0 Å². The van der Waals surface area contributed by atoms with E-state index in [0.717, 1.165) is 6.07 Å². The van der Waals surface area contributed by atoms with Crippen LogP contribution < -0.4 is 15.1 Å². The highest BCUT2D eigenvalue weighted by Crippen LogP contribution is 2.35. The van der Waals surface area contributed by atoms with E-state index in [1.165, 1.54) is 37.6 Å². The topological polar surface area (TPSA) is 61.6 Å². The van der Waals surface area contributed by atoms with Crippen molar-refractivity contribution in [2.45, 2.75) is 6.36 Å². The fourth-order valence-corrected chi connectivity index (χ4v) is 2.56. The van der Waals surface area contributed by atoms with Gasteiger partial charge in [0, 0.05) is 27.7 Å². The van der Waals surface area contributed by atoms with E-state index in [2.05, 4.69) is 25.7 Å². The lowest BCUT2D eigenvalue weighted by atomic mass is 10.1. The Balaban J connectivity index is 2.19. The highest BCUT2D eigenvalue weighted by molar-refractivity contribution is 9.10. The van der Waals surface area contributed by atoms with Gasteiger partial charge in [-0.3, -0.25) is 0 Å². The van der Waals surface area contributed by atoms with Gasteiger partial charge in [-0.05, 0) is 24.3 Å². The minimum Gasteiger partial charge on any atom is -0.481 e. The number of hydrogen-bond donors (Lipinski definition) is 0. The quantitative estimate of drug-likeness (QED) is 0.628. The second kappa shape index (κ2) is 6.40. The predicted octanol–water partition coefficient (Wildman–Crippen LogP) is 4.52. The molecule has 0 aliphatic carbocycles. The maximum Gasteiger partial charge on any atom is 0.573 e. The van der Waals surface area contributed by atoms with Crippen molar-refractivity contribution < 1.29 is 27.1 Å². The third-order valence-electron chi connectivity index (χ3n) is 3.26. The Labute approximate surface area is 147 Å². The van der Waals surface area contributed by atoms with Gasteiger partial charge in [-0.2, -0.15) is 0 Å². The molecule has 0 saturated carbocycles. The van der Waals surface area contributed by atoms with Crippen LogP contribution in [-0.2, 0) is 0 Å². The molecule has 25 heavy (non-hydrogen) atoms. The number of hydrogen-bond acceptors (Lipinski definition) is 5. The first-order valence-electron chi connectivity index (χ1n) is 6.80. The number of ether oxygens (including phenoxy) is 2. The molecule has 0 radical (unpaired) electrons. The second-order valence-electron chi connectivity index (χ2n) is 4.90. The van der Waals surface area contributed by atoms with E-state index in [0.29, 0.717) is 9.86 Å². The summed E-state index contributed by atoms with van der Waals surface area (Å²) >= 11 is 3.08. The minimum atomic E-state index is -4.90. The average molecular weight is 416 g/mol. The highest BCUT2D eigenvalue weighted by Gasteiger charge is 2.32. The summed E-state index contributed by atoms with van der Waals surface area (Å²) in [7, 11) is 1.41. The summed E-state index contributed by atoms with van der Waals surface area (Å²) in [6.45, 7) is 0. The van der Waals surface area contributed by atoms with Crippen molar-refractivity contribution in [3.05, 3.63) is 51.4 Å². The van der Waals surface area contributed by atoms with Gasteiger partial charge in [0.1, 0.15) is 11.3 Å². The fraction of sp³-hybridized carbons (Fsp3) is 0.125. The summed E-state index contributed by atoms with van der Waals surface area (Å²) in [6, 6.07) is 6.75. The minimum absolute atomic E-state index is 0.0491. The molecule has 0 aliphatic heterocycles. The van der Waals surface area contributed by atoms with E-state index in [1.54, 1.807) is 0 Å². The first-order chi connectivity index (χ1) is 11.8. The number of alkyl halides is 3. The molecule has 0 aliphatic rings. The van der Waals surface area contributed by atoms with Crippen LogP contribution >= 0.6 is 15.9 Å². The van der Waals surface area contributed by atoms with E-state index in [-0.39, 0.29) is 22.6 Å². The molecule has 0 amide bonds. The monoisotopic (exact) mass is 415 g/mol. The molecule has 5 nitrogen and oxygen atoms in total. The molecular weight excluding hydrogens is 407 g/mol. The number of methoxy groups -OCH3 is 1. The van der Waals surface area contributed by atoms with Crippen LogP contribution in [0.15, 0.2) is 50.2 Å². The van der Waals surface area contributed by atoms with Crippen molar-refractivity contribution in [3.63, 3.8) is 0 Å². The van der Waals surface area contributed by atoms with Crippen LogP contribution in [0.5, 0.6) is 11.6 Å². The van der Waals surface area contributed by atoms with E-state index in [1.807, 2.05) is 0 Å². The number of aromatic nitrogens is 1. The molecule has 3 rings (SSSR count). The normalized spacial score (nSPS) is 11.6. The standard InChI is InChI=1S/C16H9BrF3NO4/c1-23-14-6-12-8(7-21-14)4-11(15(22)24-12)10-3-2-9(17)5-13(10)25-16(18,19)20/h2-7H,1H3. The molecular formula is C16H9BrF3NO4. The lowest BCUT2D eigenvalue weighted by Gasteiger charge is -2.13. The number of fused-ring (bicyclic) bond motifs is 1. The van der Waals surface area contributed by atoms with Crippen molar-refractivity contribution in [1.82, 2.24) is 4.98 Å². The number of benzene rings is 1. The van der Waals surface area contributed by atoms with Gasteiger partial charge in [0.25, 0.3) is 0 Å². The van der Waals surface area contributed by atoms with Crippen LogP contribution in [0.25, 0.3) is 22.1 Å². The van der Waals surface area contributed by atoms with Crippen LogP contribution in [-0.4, -0.2) is 18.5 Å². The summed E-state index contributed by atoms with van der Waals surface area (Å²) in [5.41, 5.74) is -0.732. The number of rotatable bonds is 3. The van der Waals surface area contributed by atoms with Crippen LogP contribution in [0.4, 0.5) is 13.2 Å². The molecule has 1 aromatic carbocycles. The van der Waals surface area contributed by atoms with Crippen molar-refractivity contribution >= 4 is 26.9 Å². The third kappa shape index (κ3) is 3.76. The molecule has 0 N–H and O–H groups in total. The lowest BCUT2D eigenvalue weighted by molar-refractivity contribution is -0.274. The van der Waals surface area contributed by atoms with Gasteiger partial charge < -0.3 is 13.9 Å². The summed E-state index contributed by atoms with van der Waals surface area (Å²) in [4.78, 5) is 16.2. The first-order valence-corrected chi connectivity index (χ1v) is 7.60. The molecule has 0 saturated heterocycles. The SMILES string of the molecule is COc1cc2oc(=O)c(-c3ccc(Br)cc3OC(F)(F)F)cc2cn1. The number of nitrogens with zero attached hydrogens (tertiary/aromatic N) is 1. The van der Waals surface area contributed by atoms with Crippen molar-refractivity contribution in [1.29, 1.82) is 0 Å². The van der Waals surface area contributed by atoms with Gasteiger partial charge in [-0.15, -0.1) is 13.2 Å². The highest BCUT2D eigenvalue weighted by atomic mass is 79.9. The Kier molecular flexibility index (Phi) is 4.42. The Bertz CT molecular complexity index is 1000. The Morgan fingerprint density at radius 1 is 1.16 bits per heavy atom. The lowest BCUT2D eigenvalue weighted by Crippen LogP contribution is -2.18. The van der Waals surface area contributed by atoms with Gasteiger partial charge in [-0.25, -0.2) is 9.78 Å². The number of pyridine rings is 1. The van der Waals surface area contributed by atoms with E-state index in [4.69, 9.17) is 9.15 Å². The van der Waals surface area contributed by atoms with Gasteiger partial charge in [0.15, 0.2) is 0 Å². The smallest absolute Gasteiger partial charge is 0.481 e. The molecule has 9 heteroatoms. The summed E-state index contributed by atoms with van der Waals surface area (Å²) in [6.07, 6.45) is -3.51. The third-order valence-corrected chi connectivity index (χ3v) is 3.75. The van der Waals surface area contributed by atoms with E-state index < -0.39 is 17.7 Å². The summed E-state index contributed by atoms with van der Waals surface area (Å²) < 4.78 is 52.4. The molecule has 130 valence electrons. The van der Waals surface area contributed by atoms with Crippen molar-refractivity contribution in [2.24, 2.45) is 0 Å². The van der Waals surface area contributed by atoms with E-state index in [9.17, 15) is 18.0 Å². The molecule has 0 atom stereocenters. The predicted molar refractivity (Wildman–Crippen MR) is 86.7 cm³/mol. The summed E-state index contributed by atoms with van der Waals surface area (Å²) in [5.74, 6) is -0.275. The van der Waals surface area contributed by atoms with Crippen molar-refractivity contribution in [3.8, 4) is 22.8 Å². The fourth-order valence-electron chi connectivity index (χ4n) is 2.22. The van der Waals surface area contributed by atoms with Crippen LogP contribution in [0.1, 0.15) is 0 Å². The molecule has 2 aromatic heterocycles. The largest absolute Gasteiger partial charge is 0.573 e. The van der Waals surface area contributed by atoms with Gasteiger partial charge in [0.05, 0.1) is 12.7 Å². The Morgan fingerprint density at radius 2 is 1.92 bits per heavy atom. The van der Waals surface area contributed by atoms with E-state index >= 15 is 0 Å². The van der Waals surface area contributed by atoms with Gasteiger partial charge in [0.2, 0.25) is 5.88 Å². The number of halogens is 4. The summed E-state index contributed by atoms with van der Waals surface area (Å²) in [5, 5.41) is 0.427. The molecule has 3 aromatic rings.